The normalized spacial score (nSPS) is 11.3. The van der Waals surface area contributed by atoms with E-state index in [1.54, 1.807) is 30.3 Å². The second kappa shape index (κ2) is 11.0. The molecule has 0 aliphatic heterocycles. The van der Waals surface area contributed by atoms with Gasteiger partial charge in [0, 0.05) is 18.0 Å². The summed E-state index contributed by atoms with van der Waals surface area (Å²) in [4.78, 5) is 12.8. The van der Waals surface area contributed by atoms with E-state index in [1.807, 2.05) is 0 Å². The molecule has 0 fully saturated rings. The maximum absolute atomic E-state index is 13.8. The van der Waals surface area contributed by atoms with E-state index in [0.29, 0.717) is 35.0 Å². The van der Waals surface area contributed by atoms with E-state index in [9.17, 15) is 12.8 Å². The molecule has 0 unspecified atom stereocenters. The summed E-state index contributed by atoms with van der Waals surface area (Å²) in [7, 11) is -3.14. The zero-order valence-corrected chi connectivity index (χ0v) is 19.0. The smallest absolute Gasteiger partial charge is 0.230 e. The van der Waals surface area contributed by atoms with Crippen LogP contribution in [0.5, 0.6) is 5.75 Å². The van der Waals surface area contributed by atoms with E-state index < -0.39 is 15.7 Å². The second-order valence-corrected chi connectivity index (χ2v) is 9.72. The zero-order valence-electron chi connectivity index (χ0n) is 18.2. The van der Waals surface area contributed by atoms with Crippen molar-refractivity contribution in [2.75, 3.05) is 18.2 Å². The number of hydrogen-bond acceptors (Lipinski definition) is 7. The molecule has 0 saturated carbocycles. The number of benzene rings is 2. The third kappa shape index (κ3) is 7.26. The summed E-state index contributed by atoms with van der Waals surface area (Å²) >= 11 is 0. The van der Waals surface area contributed by atoms with Gasteiger partial charge in [-0.3, -0.25) is 0 Å². The Morgan fingerprint density at radius 1 is 1.06 bits per heavy atom. The second-order valence-electron chi connectivity index (χ2n) is 7.58. The van der Waals surface area contributed by atoms with Crippen molar-refractivity contribution in [1.82, 2.24) is 15.0 Å². The van der Waals surface area contributed by atoms with Crippen LogP contribution in [0.2, 0.25) is 0 Å². The van der Waals surface area contributed by atoms with Crippen molar-refractivity contribution < 1.29 is 17.5 Å². The molecule has 0 atom stereocenters. The van der Waals surface area contributed by atoms with Crippen LogP contribution in [0.3, 0.4) is 0 Å². The first-order chi connectivity index (χ1) is 15.3. The number of nitrogens with zero attached hydrogens (tertiary/aromatic N) is 3. The topological polar surface area (TPSA) is 94.1 Å². The van der Waals surface area contributed by atoms with Crippen molar-refractivity contribution in [3.05, 3.63) is 60.2 Å². The predicted molar refractivity (Wildman–Crippen MR) is 123 cm³/mol. The van der Waals surface area contributed by atoms with Crippen molar-refractivity contribution in [3.63, 3.8) is 0 Å². The van der Waals surface area contributed by atoms with Crippen LogP contribution in [0.1, 0.15) is 38.2 Å². The molecule has 3 aromatic rings. The van der Waals surface area contributed by atoms with E-state index in [2.05, 4.69) is 27.2 Å². The maximum atomic E-state index is 13.8. The van der Waals surface area contributed by atoms with E-state index in [-0.39, 0.29) is 11.7 Å². The number of halogens is 1. The third-order valence-electron chi connectivity index (χ3n) is 4.62. The highest BCUT2D eigenvalue weighted by Crippen LogP contribution is 2.29. The van der Waals surface area contributed by atoms with Gasteiger partial charge in [-0.05, 0) is 36.2 Å². The van der Waals surface area contributed by atoms with Crippen LogP contribution < -0.4 is 10.1 Å². The van der Waals surface area contributed by atoms with Gasteiger partial charge in [-0.1, -0.05) is 38.3 Å². The molecule has 32 heavy (non-hydrogen) atoms. The number of unbranched alkanes of at least 4 members (excludes halogenated alkanes) is 3. The zero-order chi connectivity index (χ0) is 23.0. The van der Waals surface area contributed by atoms with Crippen LogP contribution in [0.4, 0.5) is 16.0 Å². The van der Waals surface area contributed by atoms with Gasteiger partial charge in [-0.2, -0.15) is 4.98 Å². The Balaban J connectivity index is 1.78. The van der Waals surface area contributed by atoms with Crippen molar-refractivity contribution in [2.24, 2.45) is 0 Å². The highest BCUT2D eigenvalue weighted by atomic mass is 32.2. The molecule has 7 nitrogen and oxygen atoms in total. The van der Waals surface area contributed by atoms with Gasteiger partial charge in [0.1, 0.15) is 17.9 Å². The Morgan fingerprint density at radius 3 is 2.69 bits per heavy atom. The molecule has 2 aromatic carbocycles. The Kier molecular flexibility index (Phi) is 8.10. The van der Waals surface area contributed by atoms with Crippen LogP contribution in [0.25, 0.3) is 11.4 Å². The lowest BCUT2D eigenvalue weighted by atomic mass is 10.1. The van der Waals surface area contributed by atoms with E-state index >= 15 is 0 Å². The summed E-state index contributed by atoms with van der Waals surface area (Å²) in [5.41, 5.74) is 1.87. The van der Waals surface area contributed by atoms with Gasteiger partial charge < -0.3 is 10.1 Å². The Morgan fingerprint density at radius 2 is 1.91 bits per heavy atom. The molecule has 0 aliphatic rings. The molecule has 3 rings (SSSR count). The van der Waals surface area contributed by atoms with Gasteiger partial charge in [-0.15, -0.1) is 0 Å². The van der Waals surface area contributed by atoms with E-state index in [4.69, 9.17) is 4.74 Å². The van der Waals surface area contributed by atoms with Gasteiger partial charge in [-0.25, -0.2) is 22.8 Å². The SMILES string of the molecule is CCCCCCOc1cc(F)ccc1-c1ncnc(Nc2cccc(CS(C)(=O)=O)c2)n1. The first-order valence-electron chi connectivity index (χ1n) is 10.5. The van der Waals surface area contributed by atoms with Crippen LogP contribution in [-0.4, -0.2) is 36.2 Å². The fraction of sp³-hybridized carbons (Fsp3) is 0.348. The van der Waals surface area contributed by atoms with Crippen LogP contribution in [0, 0.1) is 5.82 Å². The lowest BCUT2D eigenvalue weighted by molar-refractivity contribution is 0.304. The van der Waals surface area contributed by atoms with E-state index in [1.165, 1.54) is 24.7 Å². The van der Waals surface area contributed by atoms with Crippen molar-refractivity contribution in [2.45, 2.75) is 38.4 Å². The number of nitrogens with one attached hydrogen (secondary N) is 1. The van der Waals surface area contributed by atoms with Gasteiger partial charge in [0.15, 0.2) is 15.7 Å². The highest BCUT2D eigenvalue weighted by molar-refractivity contribution is 7.89. The number of sulfone groups is 1. The third-order valence-corrected chi connectivity index (χ3v) is 5.48. The highest BCUT2D eigenvalue weighted by Gasteiger charge is 2.13. The predicted octanol–water partition coefficient (Wildman–Crippen LogP) is 4.93. The largest absolute Gasteiger partial charge is 0.493 e. The molecule has 1 N–H and O–H groups in total. The summed E-state index contributed by atoms with van der Waals surface area (Å²) in [6.07, 6.45) is 6.75. The lowest BCUT2D eigenvalue weighted by Gasteiger charge is -2.12. The number of aromatic nitrogens is 3. The van der Waals surface area contributed by atoms with Crippen LogP contribution in [-0.2, 0) is 15.6 Å². The molecule has 1 aromatic heterocycles. The first kappa shape index (κ1) is 23.6. The molecular formula is C23H27FN4O3S. The number of hydrogen-bond donors (Lipinski definition) is 1. The van der Waals surface area contributed by atoms with Crippen molar-refractivity contribution in [3.8, 4) is 17.1 Å². The summed E-state index contributed by atoms with van der Waals surface area (Å²) in [5, 5.41) is 3.07. The van der Waals surface area contributed by atoms with Crippen LogP contribution >= 0.6 is 0 Å². The van der Waals surface area contributed by atoms with Gasteiger partial charge in [0.05, 0.1) is 17.9 Å². The lowest BCUT2D eigenvalue weighted by Crippen LogP contribution is -2.04. The quantitative estimate of drug-likeness (QED) is 0.407. The monoisotopic (exact) mass is 458 g/mol. The Hall–Kier alpha value is -3.07. The number of ether oxygens (including phenoxy) is 1. The summed E-state index contributed by atoms with van der Waals surface area (Å²) in [6, 6.07) is 11.3. The molecular weight excluding hydrogens is 431 g/mol. The summed E-state index contributed by atoms with van der Waals surface area (Å²) in [5.74, 6) is 0.559. The summed E-state index contributed by atoms with van der Waals surface area (Å²) < 4.78 is 42.8. The molecule has 0 spiro atoms. The molecule has 0 radical (unpaired) electrons. The van der Waals surface area contributed by atoms with Crippen LogP contribution in [0.15, 0.2) is 48.8 Å². The molecule has 0 bridgehead atoms. The minimum atomic E-state index is -3.14. The molecule has 9 heteroatoms. The fourth-order valence-electron chi connectivity index (χ4n) is 3.17. The van der Waals surface area contributed by atoms with E-state index in [0.717, 1.165) is 25.7 Å². The number of anilines is 2. The minimum Gasteiger partial charge on any atom is -0.493 e. The molecule has 0 aliphatic carbocycles. The average molecular weight is 459 g/mol. The molecule has 170 valence electrons. The molecule has 0 amide bonds. The van der Waals surface area contributed by atoms with Crippen molar-refractivity contribution >= 4 is 21.5 Å². The van der Waals surface area contributed by atoms with Gasteiger partial charge in [0.25, 0.3) is 0 Å². The first-order valence-corrected chi connectivity index (χ1v) is 12.6. The Bertz CT molecular complexity index is 1160. The molecule has 0 saturated heterocycles. The molecule has 1 heterocycles. The minimum absolute atomic E-state index is 0.0560. The van der Waals surface area contributed by atoms with Gasteiger partial charge >= 0.3 is 0 Å². The average Bonchev–Trinajstić information content (AvgIpc) is 2.73. The summed E-state index contributed by atoms with van der Waals surface area (Å²) in [6.45, 7) is 2.62. The number of rotatable bonds is 11. The standard InChI is InChI=1S/C23H27FN4O3S/c1-3-4-5-6-12-31-21-14-18(24)10-11-20(21)22-25-16-26-23(28-22)27-19-9-7-8-17(13-19)15-32(2,29)30/h7-11,13-14,16H,3-6,12,15H2,1-2H3,(H,25,26,27,28). The van der Waals surface area contributed by atoms with Crippen molar-refractivity contribution in [1.29, 1.82) is 0 Å². The fourth-order valence-corrected chi connectivity index (χ4v) is 3.95. The maximum Gasteiger partial charge on any atom is 0.230 e. The van der Waals surface area contributed by atoms with Gasteiger partial charge in [0.2, 0.25) is 5.95 Å². The Labute approximate surface area is 188 Å².